The van der Waals surface area contributed by atoms with Gasteiger partial charge >= 0.3 is 0 Å². The van der Waals surface area contributed by atoms with Crippen molar-refractivity contribution >= 4 is 5.91 Å². The Morgan fingerprint density at radius 2 is 2.13 bits per heavy atom. The quantitative estimate of drug-likeness (QED) is 0.855. The Hall–Kier alpha value is -1.43. The third-order valence-corrected chi connectivity index (χ3v) is 4.99. The van der Waals surface area contributed by atoms with Crippen LogP contribution in [0.2, 0.25) is 0 Å². The fourth-order valence-electron chi connectivity index (χ4n) is 3.70. The number of carbonyl (C=O) groups excluding carboxylic acids is 1. The summed E-state index contributed by atoms with van der Waals surface area (Å²) >= 11 is 0. The molecule has 0 radical (unpaired) electrons. The molecule has 1 saturated carbocycles. The molecule has 2 aliphatic rings. The molecule has 1 aliphatic heterocycles. The number of ether oxygens (including phenoxy) is 1. The summed E-state index contributed by atoms with van der Waals surface area (Å²) in [6.45, 7) is 2.97. The van der Waals surface area contributed by atoms with E-state index < -0.39 is 0 Å². The van der Waals surface area contributed by atoms with Gasteiger partial charge in [-0.2, -0.15) is 0 Å². The summed E-state index contributed by atoms with van der Waals surface area (Å²) < 4.78 is 5.60. The number of hydrogen-bond acceptors (Lipinski definition) is 4. The normalized spacial score (nSPS) is 28.7. The number of aliphatic hydroxyl groups excluding tert-OH is 1. The van der Waals surface area contributed by atoms with E-state index in [-0.39, 0.29) is 24.0 Å². The molecular weight excluding hydrogens is 292 g/mol. The maximum Gasteiger partial charge on any atom is 0.234 e. The molecule has 2 N–H and O–H groups in total. The zero-order chi connectivity index (χ0) is 16.1. The second kappa shape index (κ2) is 7.90. The van der Waals surface area contributed by atoms with Crippen molar-refractivity contribution in [2.75, 3.05) is 26.3 Å². The minimum atomic E-state index is -0.253. The summed E-state index contributed by atoms with van der Waals surface area (Å²) in [5, 5.41) is 13.1. The summed E-state index contributed by atoms with van der Waals surface area (Å²) in [7, 11) is 0. The lowest BCUT2D eigenvalue weighted by atomic mass is 9.94. The first-order chi connectivity index (χ1) is 11.2. The van der Waals surface area contributed by atoms with Crippen LogP contribution in [0, 0.1) is 5.92 Å². The van der Waals surface area contributed by atoms with Gasteiger partial charge in [-0.1, -0.05) is 36.8 Å². The highest BCUT2D eigenvalue weighted by Crippen LogP contribution is 2.32. The first-order valence-electron chi connectivity index (χ1n) is 8.54. The highest BCUT2D eigenvalue weighted by molar-refractivity contribution is 5.78. The molecule has 1 aliphatic carbocycles. The van der Waals surface area contributed by atoms with E-state index in [1.165, 1.54) is 0 Å². The molecule has 5 nitrogen and oxygen atoms in total. The Balaban J connectivity index is 1.53. The van der Waals surface area contributed by atoms with Crippen molar-refractivity contribution in [1.29, 1.82) is 0 Å². The number of hydrogen-bond donors (Lipinski definition) is 2. The molecule has 3 rings (SSSR count). The predicted octanol–water partition coefficient (Wildman–Crippen LogP) is 1.16. The molecule has 0 spiro atoms. The molecule has 1 aromatic carbocycles. The highest BCUT2D eigenvalue weighted by atomic mass is 16.5. The topological polar surface area (TPSA) is 61.8 Å². The maximum atomic E-state index is 12.3. The summed E-state index contributed by atoms with van der Waals surface area (Å²) in [6.07, 6.45) is 2.71. The van der Waals surface area contributed by atoms with Gasteiger partial charge in [0.25, 0.3) is 0 Å². The SMILES string of the molecule is O=C(CN1CCOC[C@@H]1[C@H]1CCC[C@H]1O)NCc1ccccc1. The standard InChI is InChI=1S/C18H26N2O3/c21-17-8-4-7-15(17)16-13-23-10-9-20(16)12-18(22)19-11-14-5-2-1-3-6-14/h1-3,5-6,15-17,21H,4,7-13H2,(H,19,22)/t15-,16-,17-/m1/s1. The van der Waals surface area contributed by atoms with Crippen LogP contribution >= 0.6 is 0 Å². The fourth-order valence-corrected chi connectivity index (χ4v) is 3.70. The maximum absolute atomic E-state index is 12.3. The Morgan fingerprint density at radius 1 is 1.30 bits per heavy atom. The molecule has 1 heterocycles. The van der Waals surface area contributed by atoms with Crippen LogP contribution in [0.3, 0.4) is 0 Å². The van der Waals surface area contributed by atoms with Gasteiger partial charge in [0.05, 0.1) is 25.9 Å². The van der Waals surface area contributed by atoms with Crippen LogP contribution in [0.25, 0.3) is 0 Å². The van der Waals surface area contributed by atoms with E-state index in [1.54, 1.807) is 0 Å². The van der Waals surface area contributed by atoms with Crippen molar-refractivity contribution in [3.63, 3.8) is 0 Å². The molecule has 126 valence electrons. The van der Waals surface area contributed by atoms with Crippen molar-refractivity contribution in [3.8, 4) is 0 Å². The summed E-state index contributed by atoms with van der Waals surface area (Å²) in [4.78, 5) is 14.5. The molecule has 5 heteroatoms. The van der Waals surface area contributed by atoms with Gasteiger partial charge in [-0.3, -0.25) is 9.69 Å². The van der Waals surface area contributed by atoms with E-state index in [0.29, 0.717) is 26.3 Å². The van der Waals surface area contributed by atoms with Crippen LogP contribution < -0.4 is 5.32 Å². The molecule has 0 aromatic heterocycles. The van der Waals surface area contributed by atoms with Gasteiger partial charge in [0.2, 0.25) is 5.91 Å². The predicted molar refractivity (Wildman–Crippen MR) is 87.8 cm³/mol. The second-order valence-electron chi connectivity index (χ2n) is 6.54. The lowest BCUT2D eigenvalue weighted by molar-refractivity contribution is -0.126. The van der Waals surface area contributed by atoms with Crippen LogP contribution in [-0.4, -0.2) is 54.4 Å². The van der Waals surface area contributed by atoms with Gasteiger partial charge in [-0.25, -0.2) is 0 Å². The molecule has 1 saturated heterocycles. The van der Waals surface area contributed by atoms with E-state index in [4.69, 9.17) is 4.74 Å². The van der Waals surface area contributed by atoms with Crippen molar-refractivity contribution < 1.29 is 14.6 Å². The molecule has 0 bridgehead atoms. The third-order valence-electron chi connectivity index (χ3n) is 4.99. The number of carbonyl (C=O) groups is 1. The van der Waals surface area contributed by atoms with E-state index >= 15 is 0 Å². The minimum Gasteiger partial charge on any atom is -0.393 e. The number of nitrogens with one attached hydrogen (secondary N) is 1. The monoisotopic (exact) mass is 318 g/mol. The van der Waals surface area contributed by atoms with Crippen LogP contribution in [0.5, 0.6) is 0 Å². The molecule has 2 fully saturated rings. The molecule has 1 amide bonds. The van der Waals surface area contributed by atoms with Crippen LogP contribution in [0.1, 0.15) is 24.8 Å². The van der Waals surface area contributed by atoms with Gasteiger partial charge in [0, 0.05) is 25.0 Å². The van der Waals surface area contributed by atoms with Crippen molar-refractivity contribution in [1.82, 2.24) is 10.2 Å². The molecule has 1 aromatic rings. The Morgan fingerprint density at radius 3 is 2.87 bits per heavy atom. The Kier molecular flexibility index (Phi) is 5.65. The largest absolute Gasteiger partial charge is 0.393 e. The van der Waals surface area contributed by atoms with Gasteiger partial charge in [0.15, 0.2) is 0 Å². The average Bonchev–Trinajstić information content (AvgIpc) is 3.00. The molecule has 0 unspecified atom stereocenters. The van der Waals surface area contributed by atoms with Crippen molar-refractivity contribution in [3.05, 3.63) is 35.9 Å². The van der Waals surface area contributed by atoms with Gasteiger partial charge < -0.3 is 15.2 Å². The third kappa shape index (κ3) is 4.31. The van der Waals surface area contributed by atoms with Crippen LogP contribution in [0.4, 0.5) is 0 Å². The Labute approximate surface area is 137 Å². The molecular formula is C18H26N2O3. The smallest absolute Gasteiger partial charge is 0.234 e. The van der Waals surface area contributed by atoms with E-state index in [0.717, 1.165) is 31.4 Å². The minimum absolute atomic E-state index is 0.0354. The van der Waals surface area contributed by atoms with Gasteiger partial charge in [-0.05, 0) is 18.4 Å². The summed E-state index contributed by atoms with van der Waals surface area (Å²) in [6, 6.07) is 10.1. The van der Waals surface area contributed by atoms with Crippen molar-refractivity contribution in [2.45, 2.75) is 38.0 Å². The zero-order valence-electron chi connectivity index (χ0n) is 13.5. The number of amides is 1. The van der Waals surface area contributed by atoms with E-state index in [1.807, 2.05) is 30.3 Å². The van der Waals surface area contributed by atoms with Crippen LogP contribution in [-0.2, 0) is 16.1 Å². The van der Waals surface area contributed by atoms with Gasteiger partial charge in [0.1, 0.15) is 0 Å². The number of rotatable bonds is 5. The second-order valence-corrected chi connectivity index (χ2v) is 6.54. The number of nitrogens with zero attached hydrogens (tertiary/aromatic N) is 1. The van der Waals surface area contributed by atoms with E-state index in [2.05, 4.69) is 10.2 Å². The lowest BCUT2D eigenvalue weighted by Gasteiger charge is -2.39. The molecule has 3 atom stereocenters. The lowest BCUT2D eigenvalue weighted by Crippen LogP contribution is -2.53. The van der Waals surface area contributed by atoms with Gasteiger partial charge in [-0.15, -0.1) is 0 Å². The zero-order valence-corrected chi connectivity index (χ0v) is 13.5. The summed E-state index contributed by atoms with van der Waals surface area (Å²) in [5.41, 5.74) is 1.10. The first-order valence-corrected chi connectivity index (χ1v) is 8.54. The van der Waals surface area contributed by atoms with E-state index in [9.17, 15) is 9.90 Å². The first kappa shape index (κ1) is 16.4. The number of aliphatic hydroxyl groups is 1. The van der Waals surface area contributed by atoms with Crippen molar-refractivity contribution in [2.24, 2.45) is 5.92 Å². The molecule has 23 heavy (non-hydrogen) atoms. The summed E-state index contributed by atoms with van der Waals surface area (Å²) in [5.74, 6) is 0.269. The Bertz CT molecular complexity index is 508. The fraction of sp³-hybridized carbons (Fsp3) is 0.611. The highest BCUT2D eigenvalue weighted by Gasteiger charge is 2.38. The van der Waals surface area contributed by atoms with Crippen LogP contribution in [0.15, 0.2) is 30.3 Å². The number of benzene rings is 1. The average molecular weight is 318 g/mol. The number of morpholine rings is 1.